The first-order chi connectivity index (χ1) is 9.78. The topological polar surface area (TPSA) is 87.6 Å². The second kappa shape index (κ2) is 5.34. The molecule has 0 fully saturated rings. The zero-order chi connectivity index (χ0) is 13.9. The third-order valence-electron chi connectivity index (χ3n) is 3.22. The molecule has 0 radical (unpaired) electrons. The molecule has 0 aliphatic heterocycles. The Morgan fingerprint density at radius 2 is 1.80 bits per heavy atom. The molecule has 0 unspecified atom stereocenters. The lowest BCUT2D eigenvalue weighted by molar-refractivity contribution is 0.274. The van der Waals surface area contributed by atoms with Gasteiger partial charge < -0.3 is 10.1 Å². The summed E-state index contributed by atoms with van der Waals surface area (Å²) in [6.45, 7) is 1.79. The number of fused-ring (bicyclic) bond motifs is 1. The summed E-state index contributed by atoms with van der Waals surface area (Å²) >= 11 is 0. The van der Waals surface area contributed by atoms with Gasteiger partial charge in [-0.25, -0.2) is 9.97 Å². The van der Waals surface area contributed by atoms with Crippen molar-refractivity contribution in [3.05, 3.63) is 47.6 Å². The summed E-state index contributed by atoms with van der Waals surface area (Å²) in [6.07, 6.45) is 6.54. The lowest BCUT2D eigenvalue weighted by atomic mass is 10.1. The molecule has 3 aromatic heterocycles. The standard InChI is InChI=1S/C14H15N5O/c1-9-18-11(10-4-5-17-14(10)19-9)2-3-12-13(8-20)16-7-6-15-12/h4-7,20H,2-3,8H2,1H3,(H,17,18,19). The van der Waals surface area contributed by atoms with E-state index in [1.54, 1.807) is 12.4 Å². The number of nitrogens with zero attached hydrogens (tertiary/aromatic N) is 4. The van der Waals surface area contributed by atoms with Crippen LogP contribution in [0.15, 0.2) is 24.7 Å². The quantitative estimate of drug-likeness (QED) is 0.746. The summed E-state index contributed by atoms with van der Waals surface area (Å²) < 4.78 is 0. The predicted octanol–water partition coefficient (Wildman–Crippen LogP) is 1.33. The van der Waals surface area contributed by atoms with Crippen LogP contribution >= 0.6 is 0 Å². The fraction of sp³-hybridized carbons (Fsp3) is 0.286. The zero-order valence-electron chi connectivity index (χ0n) is 11.2. The maximum absolute atomic E-state index is 9.27. The first-order valence-electron chi connectivity index (χ1n) is 6.48. The second-order valence-corrected chi connectivity index (χ2v) is 4.57. The minimum atomic E-state index is -0.0917. The number of rotatable bonds is 4. The minimum Gasteiger partial charge on any atom is -0.390 e. The van der Waals surface area contributed by atoms with Crippen molar-refractivity contribution in [1.29, 1.82) is 0 Å². The Hall–Kier alpha value is -2.34. The molecule has 20 heavy (non-hydrogen) atoms. The van der Waals surface area contributed by atoms with E-state index in [0.29, 0.717) is 12.1 Å². The predicted molar refractivity (Wildman–Crippen MR) is 74.0 cm³/mol. The molecule has 6 heteroatoms. The fourth-order valence-electron chi connectivity index (χ4n) is 2.29. The molecular weight excluding hydrogens is 254 g/mol. The smallest absolute Gasteiger partial charge is 0.141 e. The summed E-state index contributed by atoms with van der Waals surface area (Å²) in [5, 5.41) is 10.3. The average Bonchev–Trinajstić information content (AvgIpc) is 2.93. The first-order valence-corrected chi connectivity index (χ1v) is 6.48. The zero-order valence-corrected chi connectivity index (χ0v) is 11.2. The van der Waals surface area contributed by atoms with Crippen molar-refractivity contribution in [2.24, 2.45) is 0 Å². The number of aliphatic hydroxyl groups excluding tert-OH is 1. The van der Waals surface area contributed by atoms with Crippen LogP contribution in [0, 0.1) is 6.92 Å². The van der Waals surface area contributed by atoms with E-state index in [0.717, 1.165) is 34.7 Å². The van der Waals surface area contributed by atoms with E-state index in [4.69, 9.17) is 0 Å². The maximum Gasteiger partial charge on any atom is 0.141 e. The lowest BCUT2D eigenvalue weighted by Gasteiger charge is -2.06. The highest BCUT2D eigenvalue weighted by molar-refractivity contribution is 5.77. The summed E-state index contributed by atoms with van der Waals surface area (Å²) in [5.74, 6) is 0.747. The van der Waals surface area contributed by atoms with Crippen molar-refractivity contribution in [3.8, 4) is 0 Å². The van der Waals surface area contributed by atoms with Crippen LogP contribution in [0.2, 0.25) is 0 Å². The van der Waals surface area contributed by atoms with Gasteiger partial charge in [0.05, 0.1) is 23.7 Å². The van der Waals surface area contributed by atoms with Crippen molar-refractivity contribution in [1.82, 2.24) is 24.9 Å². The van der Waals surface area contributed by atoms with Crippen LogP contribution in [0.4, 0.5) is 0 Å². The van der Waals surface area contributed by atoms with E-state index >= 15 is 0 Å². The number of hydrogen-bond acceptors (Lipinski definition) is 5. The van der Waals surface area contributed by atoms with E-state index in [-0.39, 0.29) is 6.61 Å². The van der Waals surface area contributed by atoms with Gasteiger partial charge in [0.25, 0.3) is 0 Å². The van der Waals surface area contributed by atoms with Crippen LogP contribution < -0.4 is 0 Å². The van der Waals surface area contributed by atoms with Crippen LogP contribution in [0.1, 0.15) is 22.9 Å². The Morgan fingerprint density at radius 3 is 2.60 bits per heavy atom. The number of aromatic nitrogens is 5. The highest BCUT2D eigenvalue weighted by atomic mass is 16.3. The lowest BCUT2D eigenvalue weighted by Crippen LogP contribution is -2.04. The normalized spacial score (nSPS) is 11.1. The van der Waals surface area contributed by atoms with Gasteiger partial charge in [0.2, 0.25) is 0 Å². The van der Waals surface area contributed by atoms with E-state index in [1.807, 2.05) is 19.2 Å². The number of hydrogen-bond donors (Lipinski definition) is 2. The molecule has 0 bridgehead atoms. The molecule has 102 valence electrons. The number of H-pyrrole nitrogens is 1. The van der Waals surface area contributed by atoms with Gasteiger partial charge in [-0.1, -0.05) is 0 Å². The SMILES string of the molecule is Cc1nc(CCc2nccnc2CO)c2cc[nH]c2n1. The van der Waals surface area contributed by atoms with Gasteiger partial charge in [0.15, 0.2) is 0 Å². The van der Waals surface area contributed by atoms with E-state index in [9.17, 15) is 5.11 Å². The van der Waals surface area contributed by atoms with Crippen LogP contribution in [0.25, 0.3) is 11.0 Å². The van der Waals surface area contributed by atoms with Gasteiger partial charge in [-0.05, 0) is 25.8 Å². The van der Waals surface area contributed by atoms with Crippen LogP contribution in [-0.4, -0.2) is 30.0 Å². The Bertz CT molecular complexity index is 737. The van der Waals surface area contributed by atoms with Gasteiger partial charge in [-0.3, -0.25) is 9.97 Å². The summed E-state index contributed by atoms with van der Waals surface area (Å²) in [6, 6.07) is 1.98. The molecule has 0 saturated heterocycles. The monoisotopic (exact) mass is 269 g/mol. The van der Waals surface area contributed by atoms with E-state index < -0.39 is 0 Å². The molecule has 3 rings (SSSR count). The Labute approximate surface area is 116 Å². The number of nitrogens with one attached hydrogen (secondary N) is 1. The van der Waals surface area contributed by atoms with Crippen molar-refractivity contribution in [3.63, 3.8) is 0 Å². The summed E-state index contributed by atoms with van der Waals surface area (Å²) in [5.41, 5.74) is 3.29. The average molecular weight is 269 g/mol. The van der Waals surface area contributed by atoms with Crippen LogP contribution in [0.3, 0.4) is 0 Å². The number of aromatic amines is 1. The van der Waals surface area contributed by atoms with Crippen molar-refractivity contribution in [2.75, 3.05) is 0 Å². The van der Waals surface area contributed by atoms with Crippen molar-refractivity contribution < 1.29 is 5.11 Å². The molecule has 0 atom stereocenters. The summed E-state index contributed by atoms with van der Waals surface area (Å²) in [4.78, 5) is 20.4. The Morgan fingerprint density at radius 1 is 1.05 bits per heavy atom. The minimum absolute atomic E-state index is 0.0917. The molecule has 3 heterocycles. The van der Waals surface area contributed by atoms with Crippen molar-refractivity contribution in [2.45, 2.75) is 26.4 Å². The van der Waals surface area contributed by atoms with Gasteiger partial charge in [0, 0.05) is 24.0 Å². The highest BCUT2D eigenvalue weighted by Crippen LogP contribution is 2.16. The van der Waals surface area contributed by atoms with E-state index in [2.05, 4.69) is 24.9 Å². The first kappa shape index (κ1) is 12.7. The largest absolute Gasteiger partial charge is 0.390 e. The molecule has 0 spiro atoms. The molecule has 0 saturated carbocycles. The van der Waals surface area contributed by atoms with Crippen molar-refractivity contribution >= 4 is 11.0 Å². The maximum atomic E-state index is 9.27. The fourth-order valence-corrected chi connectivity index (χ4v) is 2.29. The third kappa shape index (κ3) is 2.37. The van der Waals surface area contributed by atoms with Crippen LogP contribution in [-0.2, 0) is 19.4 Å². The van der Waals surface area contributed by atoms with Gasteiger partial charge in [-0.15, -0.1) is 0 Å². The molecule has 0 aliphatic rings. The summed E-state index contributed by atoms with van der Waals surface area (Å²) in [7, 11) is 0. The molecule has 0 aromatic carbocycles. The second-order valence-electron chi connectivity index (χ2n) is 4.57. The number of aryl methyl sites for hydroxylation is 3. The highest BCUT2D eigenvalue weighted by Gasteiger charge is 2.09. The molecule has 3 aromatic rings. The third-order valence-corrected chi connectivity index (χ3v) is 3.22. The Balaban J connectivity index is 1.88. The van der Waals surface area contributed by atoms with Gasteiger partial charge in [-0.2, -0.15) is 0 Å². The van der Waals surface area contributed by atoms with Crippen LogP contribution in [0.5, 0.6) is 0 Å². The molecule has 6 nitrogen and oxygen atoms in total. The Kier molecular flexibility index (Phi) is 3.39. The van der Waals surface area contributed by atoms with E-state index in [1.165, 1.54) is 0 Å². The molecule has 0 aliphatic carbocycles. The molecule has 0 amide bonds. The number of aliphatic hydroxyl groups is 1. The van der Waals surface area contributed by atoms with Gasteiger partial charge >= 0.3 is 0 Å². The molecule has 2 N–H and O–H groups in total. The van der Waals surface area contributed by atoms with Gasteiger partial charge in [0.1, 0.15) is 11.5 Å². The molecular formula is C14H15N5O.